The highest BCUT2D eigenvalue weighted by atomic mass is 16.7. The Kier molecular flexibility index (Phi) is 10.2. The molecule has 0 saturated carbocycles. The van der Waals surface area contributed by atoms with E-state index in [0.29, 0.717) is 39.3 Å². The largest absolute Gasteiger partial charge is 0.464 e. The van der Waals surface area contributed by atoms with Crippen molar-refractivity contribution < 1.29 is 47.5 Å². The van der Waals surface area contributed by atoms with Gasteiger partial charge in [-0.2, -0.15) is 0 Å². The summed E-state index contributed by atoms with van der Waals surface area (Å²) in [6.07, 6.45) is 6.06. The van der Waals surface area contributed by atoms with Crippen LogP contribution in [-0.2, 0) is 37.9 Å². The molecule has 16 heteroatoms. The summed E-state index contributed by atoms with van der Waals surface area (Å²) in [4.78, 5) is 55.5. The van der Waals surface area contributed by atoms with E-state index in [2.05, 4.69) is 19.4 Å². The van der Waals surface area contributed by atoms with E-state index in [4.69, 9.17) is 28.4 Å². The lowest BCUT2D eigenvalue weighted by molar-refractivity contribution is -0.272. The van der Waals surface area contributed by atoms with Gasteiger partial charge in [-0.3, -0.25) is 9.59 Å². The minimum absolute atomic E-state index is 0.120. The van der Waals surface area contributed by atoms with Crippen LogP contribution in [0.3, 0.4) is 0 Å². The van der Waals surface area contributed by atoms with Crippen LogP contribution in [0.2, 0.25) is 0 Å². The molecule has 240 valence electrons. The number of esters is 2. The Hall–Kier alpha value is -3.54. The molecule has 2 unspecified atom stereocenters. The second-order valence-electron chi connectivity index (χ2n) is 10.6. The molecule has 0 aromatic carbocycles. The van der Waals surface area contributed by atoms with Crippen LogP contribution in [0, 0.1) is 0 Å². The fraction of sp³-hybridized carbons (Fsp3) is 0.643. The second kappa shape index (κ2) is 14.0. The predicted molar refractivity (Wildman–Crippen MR) is 147 cm³/mol. The van der Waals surface area contributed by atoms with Crippen LogP contribution in [0.15, 0.2) is 34.4 Å². The number of fused-ring (bicyclic) bond motifs is 2. The van der Waals surface area contributed by atoms with Gasteiger partial charge in [-0.15, -0.1) is 0 Å². The van der Waals surface area contributed by atoms with Crippen molar-refractivity contribution in [3.63, 3.8) is 0 Å². The Bertz CT molecular complexity index is 1340. The van der Waals surface area contributed by atoms with Crippen molar-refractivity contribution >= 4 is 11.9 Å². The molecule has 4 aliphatic heterocycles. The van der Waals surface area contributed by atoms with Crippen LogP contribution in [0.4, 0.5) is 0 Å². The third-order valence-electron chi connectivity index (χ3n) is 7.85. The Morgan fingerprint density at radius 1 is 0.682 bits per heavy atom. The van der Waals surface area contributed by atoms with E-state index in [1.807, 2.05) is 13.8 Å². The normalized spacial score (nSPS) is 31.4. The topological polar surface area (TPSA) is 178 Å². The molecular formula is C28H36N4O12. The molecule has 0 amide bonds. The van der Waals surface area contributed by atoms with Crippen LogP contribution in [0.25, 0.3) is 0 Å². The molecular weight excluding hydrogens is 584 g/mol. The van der Waals surface area contributed by atoms with Gasteiger partial charge in [-0.25, -0.2) is 19.6 Å². The van der Waals surface area contributed by atoms with Crippen molar-refractivity contribution in [2.45, 2.75) is 75.8 Å². The molecule has 6 heterocycles. The number of methoxy groups -OCH3 is 2. The summed E-state index contributed by atoms with van der Waals surface area (Å²) in [5, 5.41) is 0. The smallest absolute Gasteiger partial charge is 0.362 e. The maximum atomic E-state index is 12.4. The van der Waals surface area contributed by atoms with Gasteiger partial charge in [0.2, 0.25) is 11.4 Å². The SMILES string of the molecule is COC(=O)c1nccn([C@@H]2CO[C@@H]3COC(C)O[C@@H]3C2)c1=O.COC(=O)c1nccn([C@H]2CO[C@@H]3COC(C)O[C@H]3C2)c1=O. The number of hydrogen-bond donors (Lipinski definition) is 0. The van der Waals surface area contributed by atoms with Crippen LogP contribution in [-0.4, -0.2) is 109 Å². The first-order valence-electron chi connectivity index (χ1n) is 14.3. The highest BCUT2D eigenvalue weighted by Crippen LogP contribution is 2.30. The molecule has 0 bridgehead atoms. The zero-order valence-corrected chi connectivity index (χ0v) is 24.9. The lowest BCUT2D eigenvalue weighted by Crippen LogP contribution is -2.50. The maximum absolute atomic E-state index is 12.4. The Morgan fingerprint density at radius 3 is 1.48 bits per heavy atom. The first kappa shape index (κ1) is 31.9. The number of carbonyl (C=O) groups excluding carboxylic acids is 2. The number of rotatable bonds is 4. The maximum Gasteiger partial charge on any atom is 0.362 e. The van der Waals surface area contributed by atoms with E-state index < -0.39 is 23.1 Å². The molecule has 0 N–H and O–H groups in total. The van der Waals surface area contributed by atoms with E-state index in [-0.39, 0.29) is 60.5 Å². The lowest BCUT2D eigenvalue weighted by Gasteiger charge is -2.41. The molecule has 8 atom stereocenters. The summed E-state index contributed by atoms with van der Waals surface area (Å²) < 4.78 is 45.7. The summed E-state index contributed by atoms with van der Waals surface area (Å²) in [5.74, 6) is -1.49. The minimum atomic E-state index is -0.745. The molecule has 44 heavy (non-hydrogen) atoms. The molecule has 4 fully saturated rings. The molecule has 0 spiro atoms. The first-order chi connectivity index (χ1) is 21.2. The standard InChI is InChI=1S/2C14H18N2O6/c2*1-8-20-7-11-10(22-8)5-9(6-21-11)16-4-3-15-12(13(16)17)14(18)19-2/h2*3-4,8-11H,5-7H2,1-2H3/t8?,9-,10+,11+;8?,9-,10+,11-/m01/s1. The molecule has 16 nitrogen and oxygen atoms in total. The summed E-state index contributed by atoms with van der Waals surface area (Å²) in [7, 11) is 2.43. The molecule has 0 aliphatic carbocycles. The predicted octanol–water partition coefficient (Wildman–Crippen LogP) is 0.243. The van der Waals surface area contributed by atoms with Gasteiger partial charge in [-0.05, 0) is 26.7 Å². The van der Waals surface area contributed by atoms with Gasteiger partial charge in [0.15, 0.2) is 12.6 Å². The quantitative estimate of drug-likeness (QED) is 0.425. The van der Waals surface area contributed by atoms with E-state index in [9.17, 15) is 19.2 Å². The number of carbonyl (C=O) groups is 2. The van der Waals surface area contributed by atoms with Gasteiger partial charge in [0.1, 0.15) is 12.2 Å². The van der Waals surface area contributed by atoms with E-state index in [0.717, 1.165) is 0 Å². The van der Waals surface area contributed by atoms with Crippen molar-refractivity contribution in [3.8, 4) is 0 Å². The average Bonchev–Trinajstić information content (AvgIpc) is 3.04. The number of aromatic nitrogens is 4. The number of nitrogens with zero attached hydrogens (tertiary/aromatic N) is 4. The summed E-state index contributed by atoms with van der Waals surface area (Å²) in [6, 6.07) is -0.434. The zero-order valence-electron chi connectivity index (χ0n) is 24.9. The molecule has 2 aromatic heterocycles. The van der Waals surface area contributed by atoms with Gasteiger partial charge in [0.05, 0.1) is 64.9 Å². The summed E-state index contributed by atoms with van der Waals surface area (Å²) in [6.45, 7) is 5.33. The monoisotopic (exact) mass is 620 g/mol. The summed E-state index contributed by atoms with van der Waals surface area (Å²) >= 11 is 0. The first-order valence-corrected chi connectivity index (χ1v) is 14.3. The Morgan fingerprint density at radius 2 is 1.09 bits per heavy atom. The molecule has 2 aromatic rings. The fourth-order valence-corrected chi connectivity index (χ4v) is 5.57. The zero-order chi connectivity index (χ0) is 31.4. The molecule has 4 saturated heterocycles. The Labute approximate surface area is 252 Å². The fourth-order valence-electron chi connectivity index (χ4n) is 5.57. The van der Waals surface area contributed by atoms with E-state index in [1.165, 1.54) is 35.7 Å². The van der Waals surface area contributed by atoms with Crippen LogP contribution >= 0.6 is 0 Å². The van der Waals surface area contributed by atoms with Crippen molar-refractivity contribution in [2.75, 3.05) is 40.6 Å². The van der Waals surface area contributed by atoms with Gasteiger partial charge >= 0.3 is 11.9 Å². The van der Waals surface area contributed by atoms with Crippen molar-refractivity contribution in [1.82, 2.24) is 19.1 Å². The van der Waals surface area contributed by atoms with Crippen molar-refractivity contribution in [3.05, 3.63) is 56.9 Å². The third kappa shape index (κ3) is 6.90. The Balaban J connectivity index is 0.000000175. The van der Waals surface area contributed by atoms with Gasteiger partial charge in [-0.1, -0.05) is 0 Å². The molecule has 4 aliphatic rings. The van der Waals surface area contributed by atoms with Crippen LogP contribution in [0.5, 0.6) is 0 Å². The number of ether oxygens (including phenoxy) is 8. The molecule has 0 radical (unpaired) electrons. The van der Waals surface area contributed by atoms with Gasteiger partial charge < -0.3 is 47.0 Å². The second-order valence-corrected chi connectivity index (χ2v) is 10.6. The minimum Gasteiger partial charge on any atom is -0.464 e. The van der Waals surface area contributed by atoms with Crippen molar-refractivity contribution in [1.29, 1.82) is 0 Å². The number of hydrogen-bond acceptors (Lipinski definition) is 14. The summed E-state index contributed by atoms with van der Waals surface area (Å²) in [5.41, 5.74) is -1.43. The van der Waals surface area contributed by atoms with Gasteiger partial charge in [0.25, 0.3) is 11.1 Å². The average molecular weight is 621 g/mol. The lowest BCUT2D eigenvalue weighted by atomic mass is 10.0. The highest BCUT2D eigenvalue weighted by Gasteiger charge is 2.39. The third-order valence-corrected chi connectivity index (χ3v) is 7.85. The van der Waals surface area contributed by atoms with Crippen LogP contribution in [0.1, 0.15) is 59.7 Å². The van der Waals surface area contributed by atoms with Crippen LogP contribution < -0.4 is 11.1 Å². The van der Waals surface area contributed by atoms with Crippen molar-refractivity contribution in [2.24, 2.45) is 0 Å². The van der Waals surface area contributed by atoms with E-state index in [1.54, 1.807) is 12.4 Å². The molecule has 6 rings (SSSR count). The highest BCUT2D eigenvalue weighted by molar-refractivity contribution is 5.87. The van der Waals surface area contributed by atoms with Gasteiger partial charge in [0, 0.05) is 24.8 Å². The van der Waals surface area contributed by atoms with E-state index >= 15 is 0 Å².